The average molecular weight is 377 g/mol. The SMILES string of the molecule is CC(C)[C@H](NC(=O)c1ccc(-n2cccn2)cc1)c1ccc2c(c1)OCCO2. The highest BCUT2D eigenvalue weighted by molar-refractivity contribution is 5.94. The maximum absolute atomic E-state index is 12.8. The van der Waals surface area contributed by atoms with Crippen molar-refractivity contribution < 1.29 is 14.3 Å². The number of hydrogen-bond acceptors (Lipinski definition) is 4. The molecule has 0 aliphatic carbocycles. The van der Waals surface area contributed by atoms with Crippen molar-refractivity contribution in [3.05, 3.63) is 72.1 Å². The second kappa shape index (κ2) is 7.76. The Morgan fingerprint density at radius 2 is 1.82 bits per heavy atom. The lowest BCUT2D eigenvalue weighted by molar-refractivity contribution is 0.0925. The molecule has 0 spiro atoms. The van der Waals surface area contributed by atoms with Crippen molar-refractivity contribution in [1.82, 2.24) is 15.1 Å². The van der Waals surface area contributed by atoms with Crippen LogP contribution in [-0.2, 0) is 0 Å². The Morgan fingerprint density at radius 1 is 1.07 bits per heavy atom. The van der Waals surface area contributed by atoms with Crippen LogP contribution in [0.15, 0.2) is 60.9 Å². The molecule has 2 aromatic carbocycles. The topological polar surface area (TPSA) is 65.4 Å². The van der Waals surface area contributed by atoms with Gasteiger partial charge in [-0.15, -0.1) is 0 Å². The van der Waals surface area contributed by atoms with Crippen molar-refractivity contribution in [2.75, 3.05) is 13.2 Å². The van der Waals surface area contributed by atoms with E-state index in [1.54, 1.807) is 10.9 Å². The molecule has 0 radical (unpaired) electrons. The predicted octanol–water partition coefficient (Wildman–Crippen LogP) is 3.77. The number of fused-ring (bicyclic) bond motifs is 1. The van der Waals surface area contributed by atoms with Crippen molar-refractivity contribution in [3.63, 3.8) is 0 Å². The van der Waals surface area contributed by atoms with Gasteiger partial charge in [-0.3, -0.25) is 4.79 Å². The van der Waals surface area contributed by atoms with Crippen LogP contribution in [0.25, 0.3) is 5.69 Å². The second-order valence-electron chi connectivity index (χ2n) is 7.10. The lowest BCUT2D eigenvalue weighted by Gasteiger charge is -2.25. The van der Waals surface area contributed by atoms with Crippen molar-refractivity contribution in [3.8, 4) is 17.2 Å². The number of aromatic nitrogens is 2. The van der Waals surface area contributed by atoms with Crippen LogP contribution in [0.2, 0.25) is 0 Å². The van der Waals surface area contributed by atoms with Crippen LogP contribution in [0.4, 0.5) is 0 Å². The van der Waals surface area contributed by atoms with E-state index in [9.17, 15) is 4.79 Å². The zero-order valence-corrected chi connectivity index (χ0v) is 16.0. The zero-order valence-electron chi connectivity index (χ0n) is 16.0. The number of rotatable bonds is 5. The predicted molar refractivity (Wildman–Crippen MR) is 106 cm³/mol. The summed E-state index contributed by atoms with van der Waals surface area (Å²) < 4.78 is 13.0. The van der Waals surface area contributed by atoms with Gasteiger partial charge in [0.25, 0.3) is 5.91 Å². The lowest BCUT2D eigenvalue weighted by atomic mass is 9.95. The average Bonchev–Trinajstić information content (AvgIpc) is 3.26. The van der Waals surface area contributed by atoms with Gasteiger partial charge in [-0.25, -0.2) is 4.68 Å². The Bertz CT molecular complexity index is 950. The molecule has 1 aromatic heterocycles. The minimum atomic E-state index is -0.130. The first-order valence-corrected chi connectivity index (χ1v) is 9.42. The van der Waals surface area contributed by atoms with Crippen LogP contribution in [0.1, 0.15) is 35.8 Å². The largest absolute Gasteiger partial charge is 0.486 e. The quantitative estimate of drug-likeness (QED) is 0.735. The fourth-order valence-corrected chi connectivity index (χ4v) is 3.30. The molecule has 0 saturated carbocycles. The third-order valence-corrected chi connectivity index (χ3v) is 4.78. The molecule has 6 heteroatoms. The molecule has 1 atom stereocenters. The smallest absolute Gasteiger partial charge is 0.251 e. The summed E-state index contributed by atoms with van der Waals surface area (Å²) in [5, 5.41) is 7.35. The molecule has 2 heterocycles. The van der Waals surface area contributed by atoms with E-state index in [-0.39, 0.29) is 17.9 Å². The highest BCUT2D eigenvalue weighted by Crippen LogP contribution is 2.34. The molecule has 3 aromatic rings. The lowest BCUT2D eigenvalue weighted by Crippen LogP contribution is -2.32. The van der Waals surface area contributed by atoms with Crippen LogP contribution in [0.5, 0.6) is 11.5 Å². The molecule has 4 rings (SSSR count). The van der Waals surface area contributed by atoms with Crippen LogP contribution in [0.3, 0.4) is 0 Å². The molecule has 0 bridgehead atoms. The minimum Gasteiger partial charge on any atom is -0.486 e. The Hall–Kier alpha value is -3.28. The number of carbonyl (C=O) groups excluding carboxylic acids is 1. The third kappa shape index (κ3) is 3.71. The maximum Gasteiger partial charge on any atom is 0.251 e. The zero-order chi connectivity index (χ0) is 19.5. The second-order valence-corrected chi connectivity index (χ2v) is 7.10. The summed E-state index contributed by atoms with van der Waals surface area (Å²) >= 11 is 0. The fraction of sp³-hybridized carbons (Fsp3) is 0.273. The summed E-state index contributed by atoms with van der Waals surface area (Å²) in [6.07, 6.45) is 3.59. The molecular formula is C22H23N3O3. The molecule has 0 saturated heterocycles. The summed E-state index contributed by atoms with van der Waals surface area (Å²) in [7, 11) is 0. The number of carbonyl (C=O) groups is 1. The van der Waals surface area contributed by atoms with Crippen LogP contribution in [0, 0.1) is 5.92 Å². The highest BCUT2D eigenvalue weighted by Gasteiger charge is 2.22. The Kier molecular flexibility index (Phi) is 5.02. The molecule has 1 aliphatic rings. The van der Waals surface area contributed by atoms with Gasteiger partial charge in [-0.1, -0.05) is 19.9 Å². The number of amides is 1. The molecule has 0 unspecified atom stereocenters. The summed E-state index contributed by atoms with van der Waals surface area (Å²) in [6, 6.07) is 15.0. The molecule has 144 valence electrons. The first kappa shape index (κ1) is 18.1. The normalized spacial score (nSPS) is 14.0. The first-order valence-electron chi connectivity index (χ1n) is 9.42. The van der Waals surface area contributed by atoms with Gasteiger partial charge in [0.2, 0.25) is 0 Å². The van der Waals surface area contributed by atoms with E-state index in [1.165, 1.54) is 0 Å². The molecule has 6 nitrogen and oxygen atoms in total. The van der Waals surface area contributed by atoms with Gasteiger partial charge in [-0.2, -0.15) is 5.10 Å². The van der Waals surface area contributed by atoms with E-state index in [4.69, 9.17) is 9.47 Å². The monoisotopic (exact) mass is 377 g/mol. The Labute approximate surface area is 164 Å². The van der Waals surface area contributed by atoms with Crippen molar-refractivity contribution in [1.29, 1.82) is 0 Å². The van der Waals surface area contributed by atoms with E-state index in [1.807, 2.05) is 54.7 Å². The standard InChI is InChI=1S/C22H23N3O3/c1-15(2)21(17-6-9-19-20(14-17)28-13-12-27-19)24-22(26)16-4-7-18(8-5-16)25-11-3-10-23-25/h3-11,14-15,21H,12-13H2,1-2H3,(H,24,26)/t21-/m0/s1. The summed E-state index contributed by atoms with van der Waals surface area (Å²) in [6.45, 7) is 5.27. The van der Waals surface area contributed by atoms with E-state index in [0.29, 0.717) is 18.8 Å². The molecule has 1 aliphatic heterocycles. The fourth-order valence-electron chi connectivity index (χ4n) is 3.30. The Morgan fingerprint density at radius 3 is 2.50 bits per heavy atom. The summed E-state index contributed by atoms with van der Waals surface area (Å²) in [5.74, 6) is 1.58. The minimum absolute atomic E-state index is 0.111. The number of hydrogen-bond donors (Lipinski definition) is 1. The van der Waals surface area contributed by atoms with Gasteiger partial charge in [0.05, 0.1) is 11.7 Å². The number of nitrogens with zero attached hydrogens (tertiary/aromatic N) is 2. The maximum atomic E-state index is 12.8. The van der Waals surface area contributed by atoms with E-state index < -0.39 is 0 Å². The van der Waals surface area contributed by atoms with Crippen molar-refractivity contribution >= 4 is 5.91 Å². The molecular weight excluding hydrogens is 354 g/mol. The van der Waals surface area contributed by atoms with Gasteiger partial charge < -0.3 is 14.8 Å². The Balaban J connectivity index is 1.52. The van der Waals surface area contributed by atoms with Gasteiger partial charge >= 0.3 is 0 Å². The summed E-state index contributed by atoms with van der Waals surface area (Å²) in [4.78, 5) is 12.8. The van der Waals surface area contributed by atoms with E-state index in [0.717, 1.165) is 22.7 Å². The number of nitrogens with one attached hydrogen (secondary N) is 1. The first-order chi connectivity index (χ1) is 13.6. The van der Waals surface area contributed by atoms with Gasteiger partial charge in [0.1, 0.15) is 13.2 Å². The van der Waals surface area contributed by atoms with E-state index in [2.05, 4.69) is 24.3 Å². The van der Waals surface area contributed by atoms with Gasteiger partial charge in [-0.05, 0) is 53.9 Å². The van der Waals surface area contributed by atoms with Gasteiger partial charge in [0.15, 0.2) is 11.5 Å². The van der Waals surface area contributed by atoms with E-state index >= 15 is 0 Å². The molecule has 1 N–H and O–H groups in total. The third-order valence-electron chi connectivity index (χ3n) is 4.78. The van der Waals surface area contributed by atoms with Crippen molar-refractivity contribution in [2.24, 2.45) is 5.92 Å². The summed E-state index contributed by atoms with van der Waals surface area (Å²) in [5.41, 5.74) is 2.52. The van der Waals surface area contributed by atoms with Gasteiger partial charge in [0, 0.05) is 18.0 Å². The number of ether oxygens (including phenoxy) is 2. The highest BCUT2D eigenvalue weighted by atomic mass is 16.6. The van der Waals surface area contributed by atoms with Crippen molar-refractivity contribution in [2.45, 2.75) is 19.9 Å². The molecule has 28 heavy (non-hydrogen) atoms. The number of benzene rings is 2. The van der Waals surface area contributed by atoms with Crippen LogP contribution in [-0.4, -0.2) is 28.9 Å². The molecule has 0 fully saturated rings. The molecule has 1 amide bonds. The van der Waals surface area contributed by atoms with Crippen LogP contribution < -0.4 is 14.8 Å². The van der Waals surface area contributed by atoms with Crippen LogP contribution >= 0.6 is 0 Å².